The Morgan fingerprint density at radius 3 is 2.85 bits per heavy atom. The molecule has 0 radical (unpaired) electrons. The van der Waals surface area contributed by atoms with Crippen LogP contribution in [0.1, 0.15) is 12.5 Å². The van der Waals surface area contributed by atoms with Crippen molar-refractivity contribution in [2.75, 3.05) is 11.5 Å². The highest BCUT2D eigenvalue weighted by molar-refractivity contribution is 7.98. The van der Waals surface area contributed by atoms with Gasteiger partial charge in [0, 0.05) is 10.8 Å². The average molecular weight is 220 g/mol. The molecule has 1 aromatic carbocycles. The van der Waals surface area contributed by atoms with E-state index in [-0.39, 0.29) is 5.69 Å². The maximum Gasteiger partial charge on any atom is 0.147 e. The van der Waals surface area contributed by atoms with Crippen LogP contribution >= 0.6 is 23.4 Å². The predicted molar refractivity (Wildman–Crippen MR) is 57.7 cm³/mol. The fraction of sp³-hybridized carbons (Fsp3) is 0.333. The molecule has 0 atom stereocenters. The fourth-order valence-electron chi connectivity index (χ4n) is 0.936. The van der Waals surface area contributed by atoms with Gasteiger partial charge in [0.15, 0.2) is 0 Å². The summed E-state index contributed by atoms with van der Waals surface area (Å²) < 4.78 is 12.9. The minimum absolute atomic E-state index is 0.163. The molecule has 0 fully saturated rings. The van der Waals surface area contributed by atoms with Crippen LogP contribution in [-0.2, 0) is 5.75 Å². The number of hydrogen-bond acceptors (Lipinski definition) is 2. The van der Waals surface area contributed by atoms with Crippen molar-refractivity contribution in [3.8, 4) is 0 Å². The van der Waals surface area contributed by atoms with Crippen molar-refractivity contribution in [1.82, 2.24) is 0 Å². The Labute approximate surface area is 86.5 Å². The van der Waals surface area contributed by atoms with E-state index in [1.54, 1.807) is 17.8 Å². The van der Waals surface area contributed by atoms with E-state index in [1.165, 1.54) is 6.07 Å². The van der Waals surface area contributed by atoms with E-state index in [4.69, 9.17) is 17.3 Å². The Bertz CT molecular complexity index is 304. The third kappa shape index (κ3) is 2.78. The van der Waals surface area contributed by atoms with Crippen LogP contribution in [0.25, 0.3) is 0 Å². The summed E-state index contributed by atoms with van der Waals surface area (Å²) in [5.74, 6) is 1.34. The van der Waals surface area contributed by atoms with E-state index < -0.39 is 5.82 Å². The second kappa shape index (κ2) is 4.72. The lowest BCUT2D eigenvalue weighted by molar-refractivity contribution is 0.632. The molecule has 0 spiro atoms. The molecule has 72 valence electrons. The van der Waals surface area contributed by atoms with Gasteiger partial charge in [0.2, 0.25) is 0 Å². The number of rotatable bonds is 3. The minimum atomic E-state index is -0.449. The monoisotopic (exact) mass is 219 g/mol. The molecule has 1 nitrogen and oxygen atoms in total. The molecule has 13 heavy (non-hydrogen) atoms. The molecule has 0 bridgehead atoms. The zero-order valence-electron chi connectivity index (χ0n) is 7.31. The molecule has 1 rings (SSSR count). The zero-order valence-corrected chi connectivity index (χ0v) is 8.88. The van der Waals surface area contributed by atoms with Gasteiger partial charge in [-0.3, -0.25) is 0 Å². The first kappa shape index (κ1) is 10.7. The molecule has 0 aliphatic heterocycles. The lowest BCUT2D eigenvalue weighted by atomic mass is 10.2. The van der Waals surface area contributed by atoms with E-state index in [0.717, 1.165) is 17.1 Å². The molecular formula is C9H11ClFNS. The Morgan fingerprint density at radius 1 is 1.54 bits per heavy atom. The summed E-state index contributed by atoms with van der Waals surface area (Å²) in [4.78, 5) is 0. The maximum atomic E-state index is 12.9. The van der Waals surface area contributed by atoms with Crippen LogP contribution in [0.5, 0.6) is 0 Å². The van der Waals surface area contributed by atoms with Crippen LogP contribution in [0, 0.1) is 5.82 Å². The number of halogens is 2. The molecule has 2 N–H and O–H groups in total. The van der Waals surface area contributed by atoms with Crippen molar-refractivity contribution in [2.24, 2.45) is 0 Å². The summed E-state index contributed by atoms with van der Waals surface area (Å²) in [6.45, 7) is 2.06. The van der Waals surface area contributed by atoms with Gasteiger partial charge in [-0.1, -0.05) is 18.5 Å². The average Bonchev–Trinajstić information content (AvgIpc) is 2.09. The first-order valence-corrected chi connectivity index (χ1v) is 5.49. The molecule has 0 aliphatic carbocycles. The van der Waals surface area contributed by atoms with Crippen molar-refractivity contribution in [3.63, 3.8) is 0 Å². The minimum Gasteiger partial charge on any atom is -0.396 e. The highest BCUT2D eigenvalue weighted by Crippen LogP contribution is 2.25. The van der Waals surface area contributed by atoms with Gasteiger partial charge in [0.25, 0.3) is 0 Å². The lowest BCUT2D eigenvalue weighted by Crippen LogP contribution is -1.93. The molecule has 0 unspecified atom stereocenters. The van der Waals surface area contributed by atoms with E-state index >= 15 is 0 Å². The Morgan fingerprint density at radius 2 is 2.23 bits per heavy atom. The number of nitrogen functional groups attached to an aromatic ring is 1. The van der Waals surface area contributed by atoms with Gasteiger partial charge in [-0.15, -0.1) is 0 Å². The Hall–Kier alpha value is -0.410. The second-order valence-corrected chi connectivity index (χ2v) is 4.28. The SMILES string of the molecule is CCSCc1cc(N)c(F)cc1Cl. The first-order valence-electron chi connectivity index (χ1n) is 3.96. The molecule has 0 amide bonds. The highest BCUT2D eigenvalue weighted by Gasteiger charge is 2.05. The molecule has 0 heterocycles. The molecule has 0 aliphatic rings. The van der Waals surface area contributed by atoms with Crippen molar-refractivity contribution < 1.29 is 4.39 Å². The van der Waals surface area contributed by atoms with Crippen LogP contribution in [0.3, 0.4) is 0 Å². The number of thioether (sulfide) groups is 1. The van der Waals surface area contributed by atoms with Crippen molar-refractivity contribution >= 4 is 29.1 Å². The summed E-state index contributed by atoms with van der Waals surface area (Å²) in [5, 5.41) is 0.452. The lowest BCUT2D eigenvalue weighted by Gasteiger charge is -2.05. The van der Waals surface area contributed by atoms with Crippen LogP contribution in [0.2, 0.25) is 5.02 Å². The quantitative estimate of drug-likeness (QED) is 0.790. The molecule has 0 aromatic heterocycles. The van der Waals surface area contributed by atoms with Gasteiger partial charge in [-0.05, 0) is 23.4 Å². The van der Waals surface area contributed by atoms with Gasteiger partial charge in [0.05, 0.1) is 5.69 Å². The molecule has 1 aromatic rings. The van der Waals surface area contributed by atoms with Crippen LogP contribution < -0.4 is 5.73 Å². The Balaban J connectivity index is 2.88. The normalized spacial score (nSPS) is 10.4. The second-order valence-electron chi connectivity index (χ2n) is 2.60. The molecule has 4 heteroatoms. The van der Waals surface area contributed by atoms with Gasteiger partial charge in [-0.2, -0.15) is 11.8 Å². The van der Waals surface area contributed by atoms with E-state index in [9.17, 15) is 4.39 Å². The maximum absolute atomic E-state index is 12.9. The van der Waals surface area contributed by atoms with Gasteiger partial charge < -0.3 is 5.73 Å². The third-order valence-electron chi connectivity index (χ3n) is 1.63. The number of anilines is 1. The molecular weight excluding hydrogens is 209 g/mol. The standard InChI is InChI=1S/C9H11ClFNS/c1-2-13-5-6-3-9(12)8(11)4-7(6)10/h3-4H,2,5,12H2,1H3. The molecule has 0 saturated heterocycles. The zero-order chi connectivity index (χ0) is 9.84. The molecule has 0 saturated carbocycles. The van der Waals surface area contributed by atoms with Crippen molar-refractivity contribution in [1.29, 1.82) is 0 Å². The summed E-state index contributed by atoms with van der Waals surface area (Å²) in [6.07, 6.45) is 0. The predicted octanol–water partition coefficient (Wildman–Crippen LogP) is 3.31. The van der Waals surface area contributed by atoms with Crippen LogP contribution in [-0.4, -0.2) is 5.75 Å². The number of hydrogen-bond donors (Lipinski definition) is 1. The van der Waals surface area contributed by atoms with Crippen LogP contribution in [0.4, 0.5) is 10.1 Å². The summed E-state index contributed by atoms with van der Waals surface area (Å²) >= 11 is 7.56. The highest BCUT2D eigenvalue weighted by atomic mass is 35.5. The van der Waals surface area contributed by atoms with Gasteiger partial charge >= 0.3 is 0 Å². The van der Waals surface area contributed by atoms with E-state index in [0.29, 0.717) is 5.02 Å². The number of nitrogens with two attached hydrogens (primary N) is 1. The van der Waals surface area contributed by atoms with Crippen LogP contribution in [0.15, 0.2) is 12.1 Å². The fourth-order valence-corrected chi connectivity index (χ4v) is 1.89. The largest absolute Gasteiger partial charge is 0.396 e. The topological polar surface area (TPSA) is 26.0 Å². The third-order valence-corrected chi connectivity index (χ3v) is 2.90. The van der Waals surface area contributed by atoms with Gasteiger partial charge in [-0.25, -0.2) is 4.39 Å². The van der Waals surface area contributed by atoms with Crippen molar-refractivity contribution in [3.05, 3.63) is 28.5 Å². The smallest absolute Gasteiger partial charge is 0.147 e. The van der Waals surface area contributed by atoms with E-state index in [2.05, 4.69) is 6.92 Å². The Kier molecular flexibility index (Phi) is 3.88. The van der Waals surface area contributed by atoms with E-state index in [1.807, 2.05) is 0 Å². The number of benzene rings is 1. The van der Waals surface area contributed by atoms with Crippen molar-refractivity contribution in [2.45, 2.75) is 12.7 Å². The van der Waals surface area contributed by atoms with Gasteiger partial charge in [0.1, 0.15) is 5.82 Å². The summed E-state index contributed by atoms with van der Waals surface area (Å²) in [6, 6.07) is 2.86. The first-order chi connectivity index (χ1) is 6.15. The summed E-state index contributed by atoms with van der Waals surface area (Å²) in [5.41, 5.74) is 6.48. The summed E-state index contributed by atoms with van der Waals surface area (Å²) in [7, 11) is 0.